The molecule has 1 aliphatic rings. The van der Waals surface area contributed by atoms with Gasteiger partial charge in [-0.05, 0) is 90.3 Å². The second-order valence-corrected chi connectivity index (χ2v) is 16.9. The Bertz CT molecular complexity index is 3210. The van der Waals surface area contributed by atoms with E-state index in [1.807, 2.05) is 48.8 Å². The molecule has 0 aliphatic heterocycles. The van der Waals surface area contributed by atoms with Gasteiger partial charge < -0.3 is 10.2 Å². The van der Waals surface area contributed by atoms with Crippen LogP contribution in [0.25, 0.3) is 87.6 Å². The Morgan fingerprint density at radius 2 is 0.708 bits per heavy atom. The fourth-order valence-corrected chi connectivity index (χ4v) is 10.0. The van der Waals surface area contributed by atoms with E-state index >= 15 is 0 Å². The first-order valence-electron chi connectivity index (χ1n) is 22.3. The van der Waals surface area contributed by atoms with Gasteiger partial charge in [-0.1, -0.05) is 195 Å². The van der Waals surface area contributed by atoms with Crippen molar-refractivity contribution >= 4 is 55.5 Å². The van der Waals surface area contributed by atoms with E-state index in [2.05, 4.69) is 158 Å². The molecule has 1 fully saturated rings. The minimum atomic E-state index is -0.0958. The number of aromatic hydroxyl groups is 2. The molecular formula is C60H46MnN2O2. The van der Waals surface area contributed by atoms with Crippen LogP contribution < -0.4 is 0 Å². The van der Waals surface area contributed by atoms with Crippen LogP contribution in [-0.2, 0) is 17.1 Å². The molecule has 5 heteroatoms. The molecular weight excluding hydrogens is 836 g/mol. The third-order valence-corrected chi connectivity index (χ3v) is 13.1. The number of phenols is 2. The van der Waals surface area contributed by atoms with Crippen LogP contribution >= 0.6 is 0 Å². The van der Waals surface area contributed by atoms with E-state index in [1.165, 1.54) is 0 Å². The zero-order valence-electron chi connectivity index (χ0n) is 35.8. The average molecular weight is 882 g/mol. The van der Waals surface area contributed by atoms with Crippen LogP contribution in [0.3, 0.4) is 0 Å². The molecule has 10 aromatic rings. The summed E-state index contributed by atoms with van der Waals surface area (Å²) in [5.74, 6) is 0.424. The normalized spacial score (nSPS) is 15.3. The Labute approximate surface area is 389 Å². The number of benzene rings is 10. The van der Waals surface area contributed by atoms with Crippen molar-refractivity contribution in [3.8, 4) is 56.0 Å². The number of aliphatic imine (C=N–C) groups is 2. The number of nitrogens with zero attached hydrogens (tertiary/aromatic N) is 2. The summed E-state index contributed by atoms with van der Waals surface area (Å²) in [5, 5.41) is 33.4. The Balaban J connectivity index is 0.00000498. The molecule has 0 unspecified atom stereocenters. The Morgan fingerprint density at radius 1 is 0.369 bits per heavy atom. The van der Waals surface area contributed by atoms with E-state index in [0.29, 0.717) is 11.1 Å². The van der Waals surface area contributed by atoms with Crippen molar-refractivity contribution in [2.24, 2.45) is 9.98 Å². The van der Waals surface area contributed by atoms with Crippen LogP contribution in [0.2, 0.25) is 0 Å². The minimum Gasteiger partial charge on any atom is -0.507 e. The van der Waals surface area contributed by atoms with E-state index in [-0.39, 0.29) is 40.7 Å². The van der Waals surface area contributed by atoms with E-state index < -0.39 is 0 Å². The third kappa shape index (κ3) is 7.78. The van der Waals surface area contributed by atoms with Crippen LogP contribution in [0.5, 0.6) is 11.5 Å². The van der Waals surface area contributed by atoms with Crippen LogP contribution in [-0.4, -0.2) is 34.7 Å². The molecule has 1 radical (unpaired) electrons. The molecule has 2 N–H and O–H groups in total. The fourth-order valence-electron chi connectivity index (χ4n) is 10.0. The molecule has 0 heterocycles. The number of fused-ring (bicyclic) bond motifs is 4. The van der Waals surface area contributed by atoms with Crippen molar-refractivity contribution in [1.29, 1.82) is 0 Å². The van der Waals surface area contributed by atoms with Crippen LogP contribution in [0.15, 0.2) is 204 Å². The first-order valence-corrected chi connectivity index (χ1v) is 22.3. The van der Waals surface area contributed by atoms with Gasteiger partial charge in [-0.15, -0.1) is 0 Å². The van der Waals surface area contributed by atoms with Crippen LogP contribution in [0, 0.1) is 0 Å². The van der Waals surface area contributed by atoms with Crippen LogP contribution in [0.4, 0.5) is 0 Å². The monoisotopic (exact) mass is 881 g/mol. The van der Waals surface area contributed by atoms with Crippen molar-refractivity contribution < 1.29 is 27.3 Å². The largest absolute Gasteiger partial charge is 0.507 e. The van der Waals surface area contributed by atoms with Gasteiger partial charge in [0.2, 0.25) is 0 Å². The Morgan fingerprint density at radius 3 is 1.11 bits per heavy atom. The van der Waals surface area contributed by atoms with E-state index in [9.17, 15) is 10.2 Å². The fraction of sp³-hybridized carbons (Fsp3) is 0.100. The van der Waals surface area contributed by atoms with Gasteiger partial charge in [-0.25, -0.2) is 0 Å². The summed E-state index contributed by atoms with van der Waals surface area (Å²) in [7, 11) is 0. The van der Waals surface area contributed by atoms with E-state index in [1.54, 1.807) is 0 Å². The smallest absolute Gasteiger partial charge is 0.132 e. The summed E-state index contributed by atoms with van der Waals surface area (Å²) in [6.45, 7) is 0. The number of phenolic OH excluding ortho intramolecular Hbond substituents is 2. The van der Waals surface area contributed by atoms with Crippen molar-refractivity contribution in [1.82, 2.24) is 0 Å². The summed E-state index contributed by atoms with van der Waals surface area (Å²) < 4.78 is 0. The summed E-state index contributed by atoms with van der Waals surface area (Å²) in [4.78, 5) is 10.5. The number of hydrogen-bond donors (Lipinski definition) is 2. The van der Waals surface area contributed by atoms with Gasteiger partial charge in [0.15, 0.2) is 0 Å². The Kier molecular flexibility index (Phi) is 11.6. The molecule has 1 saturated carbocycles. The second kappa shape index (κ2) is 18.1. The molecule has 0 aromatic heterocycles. The van der Waals surface area contributed by atoms with Gasteiger partial charge in [-0.3, -0.25) is 9.98 Å². The molecule has 0 spiro atoms. The minimum absolute atomic E-state index is 0. The third-order valence-electron chi connectivity index (χ3n) is 13.1. The standard InChI is InChI=1S/C60H46N2O2.Mn/c63-59-45(35-43-23-9-13-27-49(43)57(59)55-47-25-11-7-21-41(47)31-33-51(55)39-17-3-1-4-18-39)37-61-53-29-15-16-30-54(53)62-38-46-36-44-24-10-14-28-50(44)58(60(46)64)56-48-26-12-8-22-42(48)32-34-52(56)40-19-5-2-6-20-40;/h1-14,17-28,31-38,53-54,63-64H,15-16,29-30H2;/t53-,54-;/m0./s1. The Hall–Kier alpha value is -7.30. The first kappa shape index (κ1) is 41.7. The second-order valence-electron chi connectivity index (χ2n) is 16.9. The van der Waals surface area contributed by atoms with Gasteiger partial charge >= 0.3 is 0 Å². The van der Waals surface area contributed by atoms with Gasteiger partial charge in [-0.2, -0.15) is 0 Å². The summed E-state index contributed by atoms with van der Waals surface area (Å²) in [5.41, 5.74) is 9.27. The topological polar surface area (TPSA) is 65.2 Å². The molecule has 11 rings (SSSR count). The van der Waals surface area contributed by atoms with Gasteiger partial charge in [0.05, 0.1) is 12.1 Å². The zero-order chi connectivity index (χ0) is 43.0. The van der Waals surface area contributed by atoms with Crippen molar-refractivity contribution in [3.05, 3.63) is 205 Å². The van der Waals surface area contributed by atoms with Gasteiger partial charge in [0.25, 0.3) is 0 Å². The number of rotatable bonds is 8. The first-order chi connectivity index (χ1) is 31.6. The quantitative estimate of drug-likeness (QED) is 0.118. The van der Waals surface area contributed by atoms with Crippen molar-refractivity contribution in [2.75, 3.05) is 0 Å². The maximum atomic E-state index is 12.5. The van der Waals surface area contributed by atoms with Crippen molar-refractivity contribution in [2.45, 2.75) is 37.8 Å². The maximum Gasteiger partial charge on any atom is 0.132 e. The molecule has 0 bridgehead atoms. The maximum absolute atomic E-state index is 12.5. The van der Waals surface area contributed by atoms with Crippen LogP contribution in [0.1, 0.15) is 36.8 Å². The molecule has 1 aliphatic carbocycles. The molecule has 4 nitrogen and oxygen atoms in total. The summed E-state index contributed by atoms with van der Waals surface area (Å²) >= 11 is 0. The molecule has 0 saturated heterocycles. The summed E-state index contributed by atoms with van der Waals surface area (Å²) in [6.07, 6.45) is 7.60. The van der Waals surface area contributed by atoms with Crippen molar-refractivity contribution in [3.63, 3.8) is 0 Å². The zero-order valence-corrected chi connectivity index (χ0v) is 37.0. The molecule has 65 heavy (non-hydrogen) atoms. The van der Waals surface area contributed by atoms with E-state index in [0.717, 1.165) is 113 Å². The average Bonchev–Trinajstić information content (AvgIpc) is 3.35. The SMILES string of the molecule is Oc1c(C=N[C@H]2CCCC[C@@H]2N=Cc2cc3ccccc3c(-c3c(-c4ccccc4)ccc4ccccc34)c2O)cc2ccccc2c1-c1c(-c2ccccc2)ccc2ccccc12.[Mn]. The molecule has 10 aromatic carbocycles. The predicted octanol–water partition coefficient (Wildman–Crippen LogP) is 15.2. The van der Waals surface area contributed by atoms with Gasteiger partial charge in [0, 0.05) is 62.9 Å². The molecule has 0 amide bonds. The molecule has 315 valence electrons. The van der Waals surface area contributed by atoms with E-state index in [4.69, 9.17) is 9.98 Å². The molecule has 2 atom stereocenters. The van der Waals surface area contributed by atoms with Gasteiger partial charge in [0.1, 0.15) is 11.5 Å². The summed E-state index contributed by atoms with van der Waals surface area (Å²) in [6, 6.07) is 66.9. The predicted molar refractivity (Wildman–Crippen MR) is 269 cm³/mol. The number of hydrogen-bond acceptors (Lipinski definition) is 4.